The first-order chi connectivity index (χ1) is 15.6. The van der Waals surface area contributed by atoms with Gasteiger partial charge < -0.3 is 15.1 Å². The Hall–Kier alpha value is -1.83. The van der Waals surface area contributed by atoms with E-state index in [9.17, 15) is 4.79 Å². The largest absolute Gasteiger partial charge is 0.356 e. The zero-order valence-electron chi connectivity index (χ0n) is 18.7. The van der Waals surface area contributed by atoms with Gasteiger partial charge in [-0.2, -0.15) is 0 Å². The summed E-state index contributed by atoms with van der Waals surface area (Å²) in [5.74, 6) is 2.34. The highest BCUT2D eigenvalue weighted by Gasteiger charge is 2.18. The van der Waals surface area contributed by atoms with E-state index in [-0.39, 0.29) is 5.91 Å². The average molecular weight is 474 g/mol. The number of thioether (sulfide) groups is 1. The predicted molar refractivity (Wildman–Crippen MR) is 132 cm³/mol. The van der Waals surface area contributed by atoms with Crippen molar-refractivity contribution in [2.45, 2.75) is 43.5 Å². The van der Waals surface area contributed by atoms with Crippen LogP contribution in [-0.4, -0.2) is 60.0 Å². The summed E-state index contributed by atoms with van der Waals surface area (Å²) in [5.41, 5.74) is 1.76. The molecule has 2 fully saturated rings. The highest BCUT2D eigenvalue weighted by atomic mass is 35.5. The van der Waals surface area contributed by atoms with Gasteiger partial charge in [0.1, 0.15) is 11.0 Å². The van der Waals surface area contributed by atoms with Crippen LogP contribution in [0.3, 0.4) is 0 Å². The summed E-state index contributed by atoms with van der Waals surface area (Å²) in [6.07, 6.45) is 4.89. The summed E-state index contributed by atoms with van der Waals surface area (Å²) in [6, 6.07) is 9.64. The summed E-state index contributed by atoms with van der Waals surface area (Å²) in [7, 11) is 0. The number of nitrogens with zero attached hydrogens (tertiary/aromatic N) is 4. The van der Waals surface area contributed by atoms with Gasteiger partial charge in [-0.05, 0) is 62.4 Å². The summed E-state index contributed by atoms with van der Waals surface area (Å²) in [4.78, 5) is 26.4. The van der Waals surface area contributed by atoms with E-state index >= 15 is 0 Å². The molecule has 1 amide bonds. The van der Waals surface area contributed by atoms with E-state index < -0.39 is 0 Å². The van der Waals surface area contributed by atoms with Gasteiger partial charge >= 0.3 is 0 Å². The first-order valence-corrected chi connectivity index (χ1v) is 12.9. The van der Waals surface area contributed by atoms with Gasteiger partial charge in [-0.15, -0.1) is 0 Å². The summed E-state index contributed by atoms with van der Waals surface area (Å²) < 4.78 is 0. The number of piperidine rings is 1. The Labute approximate surface area is 200 Å². The van der Waals surface area contributed by atoms with Crippen LogP contribution in [0.15, 0.2) is 35.5 Å². The molecule has 32 heavy (non-hydrogen) atoms. The maximum atomic E-state index is 12.5. The highest BCUT2D eigenvalue weighted by molar-refractivity contribution is 7.98. The number of rotatable bonds is 8. The molecule has 0 atom stereocenters. The number of carbonyl (C=O) groups is 1. The Bertz CT molecular complexity index is 913. The first kappa shape index (κ1) is 23.3. The molecule has 1 aromatic carbocycles. The number of nitrogens with one attached hydrogen (secondary N) is 1. The molecule has 8 heteroatoms. The molecule has 4 rings (SSSR count). The van der Waals surface area contributed by atoms with Gasteiger partial charge in [0.15, 0.2) is 5.16 Å². The van der Waals surface area contributed by atoms with Gasteiger partial charge in [-0.25, -0.2) is 9.97 Å². The Morgan fingerprint density at radius 2 is 1.94 bits per heavy atom. The second-order valence-corrected chi connectivity index (χ2v) is 10.1. The number of aromatic nitrogens is 2. The van der Waals surface area contributed by atoms with Gasteiger partial charge in [-0.3, -0.25) is 4.79 Å². The summed E-state index contributed by atoms with van der Waals surface area (Å²) in [6.45, 7) is 8.21. The van der Waals surface area contributed by atoms with Crippen LogP contribution >= 0.6 is 23.4 Å². The molecular formula is C24H32ClN5OS. The molecule has 0 aliphatic carbocycles. The highest BCUT2D eigenvalue weighted by Crippen LogP contribution is 2.27. The third kappa shape index (κ3) is 6.59. The predicted octanol–water partition coefficient (Wildman–Crippen LogP) is 4.48. The quantitative estimate of drug-likeness (QED) is 0.346. The van der Waals surface area contributed by atoms with Crippen molar-refractivity contribution in [1.29, 1.82) is 0 Å². The Balaban J connectivity index is 1.32. The standard InChI is InChI=1S/C24H32ClN5OS/c1-18-7-12-30(13-8-18)22-16-21(25)27-24(28-22)32-17-19-5-4-6-20(15-19)23(31)26-9-14-29-10-2-3-11-29/h4-6,15-16,18H,2-3,7-14,17H2,1H3,(H,26,31). The molecule has 2 saturated heterocycles. The SMILES string of the molecule is CC1CCN(c2cc(Cl)nc(SCc3cccc(C(=O)NCCN4CCCC4)c3)n2)CC1. The zero-order chi connectivity index (χ0) is 22.3. The van der Waals surface area contributed by atoms with E-state index in [0.29, 0.717) is 28.2 Å². The molecular weight excluding hydrogens is 442 g/mol. The van der Waals surface area contributed by atoms with Crippen molar-refractivity contribution in [2.24, 2.45) is 5.92 Å². The van der Waals surface area contributed by atoms with E-state index in [4.69, 9.17) is 16.6 Å². The van der Waals surface area contributed by atoms with Crippen LogP contribution in [0.2, 0.25) is 5.15 Å². The number of carbonyl (C=O) groups excluding carboxylic acids is 1. The lowest BCUT2D eigenvalue weighted by Gasteiger charge is -2.31. The molecule has 6 nitrogen and oxygen atoms in total. The third-order valence-corrected chi connectivity index (χ3v) is 7.35. The van der Waals surface area contributed by atoms with Crippen molar-refractivity contribution < 1.29 is 4.79 Å². The van der Waals surface area contributed by atoms with Crippen LogP contribution in [0, 0.1) is 5.92 Å². The van der Waals surface area contributed by atoms with Gasteiger partial charge in [0.05, 0.1) is 0 Å². The number of benzene rings is 1. The number of anilines is 1. The van der Waals surface area contributed by atoms with Crippen molar-refractivity contribution in [3.8, 4) is 0 Å². The number of hydrogen-bond acceptors (Lipinski definition) is 6. The fourth-order valence-electron chi connectivity index (χ4n) is 4.24. The monoisotopic (exact) mass is 473 g/mol. The van der Waals surface area contributed by atoms with Crippen LogP contribution in [0.25, 0.3) is 0 Å². The number of halogens is 1. The van der Waals surface area contributed by atoms with Crippen LogP contribution in [0.1, 0.15) is 48.5 Å². The van der Waals surface area contributed by atoms with Crippen molar-refractivity contribution in [3.63, 3.8) is 0 Å². The molecule has 1 aromatic heterocycles. The smallest absolute Gasteiger partial charge is 0.251 e. The van der Waals surface area contributed by atoms with Crippen molar-refractivity contribution in [1.82, 2.24) is 20.2 Å². The molecule has 172 valence electrons. The van der Waals surface area contributed by atoms with Gasteiger partial charge in [0, 0.05) is 43.6 Å². The van der Waals surface area contributed by atoms with Crippen LogP contribution in [-0.2, 0) is 5.75 Å². The van der Waals surface area contributed by atoms with Crippen LogP contribution in [0.5, 0.6) is 0 Å². The molecule has 1 N–H and O–H groups in total. The lowest BCUT2D eigenvalue weighted by molar-refractivity contribution is 0.0949. The van der Waals surface area contributed by atoms with E-state index in [2.05, 4.69) is 27.0 Å². The first-order valence-electron chi connectivity index (χ1n) is 11.6. The van der Waals surface area contributed by atoms with Crippen molar-refractivity contribution >= 4 is 35.1 Å². The third-order valence-electron chi connectivity index (χ3n) is 6.24. The normalized spacial score (nSPS) is 17.6. The summed E-state index contributed by atoms with van der Waals surface area (Å²) >= 11 is 7.84. The van der Waals surface area contributed by atoms with Gasteiger partial charge in [0.2, 0.25) is 0 Å². The Kier molecular flexibility index (Phi) is 8.27. The fraction of sp³-hybridized carbons (Fsp3) is 0.542. The zero-order valence-corrected chi connectivity index (χ0v) is 20.3. The number of likely N-dealkylation sites (tertiary alicyclic amines) is 1. The molecule has 2 aliphatic rings. The minimum Gasteiger partial charge on any atom is -0.356 e. The molecule has 2 aromatic rings. The lowest BCUT2D eigenvalue weighted by atomic mass is 9.99. The van der Waals surface area contributed by atoms with E-state index in [1.54, 1.807) is 11.8 Å². The molecule has 0 bridgehead atoms. The Morgan fingerprint density at radius 1 is 1.16 bits per heavy atom. The topological polar surface area (TPSA) is 61.4 Å². The van der Waals surface area contributed by atoms with Crippen molar-refractivity contribution in [2.75, 3.05) is 44.2 Å². The minimum absolute atomic E-state index is 0.0170. The fourth-order valence-corrected chi connectivity index (χ4v) is 5.26. The molecule has 0 unspecified atom stereocenters. The second-order valence-electron chi connectivity index (χ2n) is 8.79. The van der Waals surface area contributed by atoms with Gasteiger partial charge in [0.25, 0.3) is 5.91 Å². The lowest BCUT2D eigenvalue weighted by Crippen LogP contribution is -2.33. The molecule has 0 spiro atoms. The molecule has 0 radical (unpaired) electrons. The maximum absolute atomic E-state index is 12.5. The summed E-state index contributed by atoms with van der Waals surface area (Å²) in [5, 5.41) is 4.19. The van der Waals surface area contributed by atoms with Gasteiger partial charge in [-0.1, -0.05) is 42.4 Å². The van der Waals surface area contributed by atoms with E-state index in [1.165, 1.54) is 25.7 Å². The van der Waals surface area contributed by atoms with Crippen LogP contribution in [0.4, 0.5) is 5.82 Å². The molecule has 0 saturated carbocycles. The number of hydrogen-bond donors (Lipinski definition) is 1. The molecule has 3 heterocycles. The number of amides is 1. The second kappa shape index (κ2) is 11.3. The van der Waals surface area contributed by atoms with Crippen molar-refractivity contribution in [3.05, 3.63) is 46.6 Å². The van der Waals surface area contributed by atoms with E-state index in [0.717, 1.165) is 50.0 Å². The average Bonchev–Trinajstić information content (AvgIpc) is 3.31. The van der Waals surface area contributed by atoms with Crippen LogP contribution < -0.4 is 10.2 Å². The minimum atomic E-state index is -0.0170. The Morgan fingerprint density at radius 3 is 2.72 bits per heavy atom. The maximum Gasteiger partial charge on any atom is 0.251 e. The van der Waals surface area contributed by atoms with E-state index in [1.807, 2.05) is 30.3 Å². The molecule has 2 aliphatic heterocycles.